The molecular formula is C8H5N2O2S-. The molecule has 1 atom stereocenters. The maximum atomic E-state index is 10.7. The number of rotatable bonds is 1. The van der Waals surface area contributed by atoms with Crippen molar-refractivity contribution in [1.29, 1.82) is 0 Å². The zero-order chi connectivity index (χ0) is 9.26. The molecule has 2 rings (SSSR count). The van der Waals surface area contributed by atoms with Gasteiger partial charge in [-0.15, -0.1) is 0 Å². The monoisotopic (exact) mass is 193 g/mol. The van der Waals surface area contributed by atoms with Gasteiger partial charge in [0.15, 0.2) is 0 Å². The van der Waals surface area contributed by atoms with Gasteiger partial charge < -0.3 is 4.55 Å². The summed E-state index contributed by atoms with van der Waals surface area (Å²) in [6, 6.07) is 4.86. The van der Waals surface area contributed by atoms with Gasteiger partial charge >= 0.3 is 0 Å². The highest BCUT2D eigenvalue weighted by atomic mass is 32.2. The molecule has 13 heavy (non-hydrogen) atoms. The van der Waals surface area contributed by atoms with Crippen molar-refractivity contribution in [3.8, 4) is 0 Å². The van der Waals surface area contributed by atoms with Crippen molar-refractivity contribution in [2.24, 2.45) is 0 Å². The van der Waals surface area contributed by atoms with E-state index in [4.69, 9.17) is 0 Å². The van der Waals surface area contributed by atoms with Crippen LogP contribution < -0.4 is 0 Å². The van der Waals surface area contributed by atoms with Crippen LogP contribution in [0, 0.1) is 0 Å². The Morgan fingerprint density at radius 1 is 1.23 bits per heavy atom. The Morgan fingerprint density at radius 2 is 2.00 bits per heavy atom. The molecule has 0 radical (unpaired) electrons. The number of nitrogens with zero attached hydrogens (tertiary/aromatic N) is 2. The molecule has 5 heteroatoms. The summed E-state index contributed by atoms with van der Waals surface area (Å²) in [7, 11) is 0. The molecule has 66 valence electrons. The van der Waals surface area contributed by atoms with E-state index in [0.717, 1.165) is 0 Å². The maximum absolute atomic E-state index is 10.7. The zero-order valence-electron chi connectivity index (χ0n) is 6.51. The largest absolute Gasteiger partial charge is 0.768 e. The van der Waals surface area contributed by atoms with Crippen LogP contribution >= 0.6 is 0 Å². The van der Waals surface area contributed by atoms with E-state index in [-0.39, 0.29) is 4.90 Å². The molecule has 0 amide bonds. The average molecular weight is 193 g/mol. The fraction of sp³-hybridized carbons (Fsp3) is 0. The van der Waals surface area contributed by atoms with Crippen LogP contribution in [0.1, 0.15) is 0 Å². The number of aromatic nitrogens is 2. The van der Waals surface area contributed by atoms with Crippen molar-refractivity contribution in [2.45, 2.75) is 4.90 Å². The highest BCUT2D eigenvalue weighted by Gasteiger charge is 2.01. The van der Waals surface area contributed by atoms with Crippen LogP contribution in [0.5, 0.6) is 0 Å². The van der Waals surface area contributed by atoms with Crippen molar-refractivity contribution >= 4 is 22.1 Å². The molecule has 1 heterocycles. The van der Waals surface area contributed by atoms with Crippen molar-refractivity contribution in [3.63, 3.8) is 0 Å². The van der Waals surface area contributed by atoms with E-state index in [0.29, 0.717) is 11.0 Å². The summed E-state index contributed by atoms with van der Waals surface area (Å²) < 4.78 is 21.5. The van der Waals surface area contributed by atoms with Gasteiger partial charge in [0.05, 0.1) is 10.4 Å². The SMILES string of the molecule is O=S([O-])c1cccc2nccnc12. The Labute approximate surface area is 76.9 Å². The molecular weight excluding hydrogens is 188 g/mol. The summed E-state index contributed by atoms with van der Waals surface area (Å²) in [6.07, 6.45) is 3.00. The Balaban J connectivity index is 2.83. The summed E-state index contributed by atoms with van der Waals surface area (Å²) in [6.45, 7) is 0. The molecule has 1 aromatic carbocycles. The molecule has 0 aliphatic rings. The third-order valence-electron chi connectivity index (χ3n) is 1.64. The highest BCUT2D eigenvalue weighted by Crippen LogP contribution is 2.15. The Bertz CT molecular complexity index is 467. The fourth-order valence-corrected chi connectivity index (χ4v) is 1.61. The Kier molecular flexibility index (Phi) is 2.03. The van der Waals surface area contributed by atoms with Gasteiger partial charge in [0, 0.05) is 12.4 Å². The first-order valence-electron chi connectivity index (χ1n) is 3.58. The van der Waals surface area contributed by atoms with Gasteiger partial charge in [0.2, 0.25) is 0 Å². The second kappa shape index (κ2) is 3.20. The van der Waals surface area contributed by atoms with Gasteiger partial charge in [-0.1, -0.05) is 6.07 Å². The summed E-state index contributed by atoms with van der Waals surface area (Å²) in [4.78, 5) is 8.12. The van der Waals surface area contributed by atoms with E-state index < -0.39 is 11.1 Å². The topological polar surface area (TPSA) is 65.9 Å². The molecule has 0 aliphatic heterocycles. The minimum Gasteiger partial charge on any atom is -0.768 e. The number of para-hydroxylation sites is 1. The van der Waals surface area contributed by atoms with Crippen LogP contribution in [0.4, 0.5) is 0 Å². The van der Waals surface area contributed by atoms with Gasteiger partial charge in [-0.2, -0.15) is 0 Å². The minimum atomic E-state index is -2.26. The van der Waals surface area contributed by atoms with Crippen LogP contribution in [-0.2, 0) is 11.1 Å². The first-order valence-corrected chi connectivity index (χ1v) is 4.65. The predicted molar refractivity (Wildman–Crippen MR) is 46.7 cm³/mol. The van der Waals surface area contributed by atoms with Gasteiger partial charge in [-0.3, -0.25) is 14.2 Å². The lowest BCUT2D eigenvalue weighted by atomic mass is 10.3. The lowest BCUT2D eigenvalue weighted by Gasteiger charge is -2.06. The van der Waals surface area contributed by atoms with Crippen molar-refractivity contribution in [2.75, 3.05) is 0 Å². The minimum absolute atomic E-state index is 0.186. The zero-order valence-corrected chi connectivity index (χ0v) is 7.32. The first kappa shape index (κ1) is 8.28. The Hall–Kier alpha value is -1.33. The predicted octanol–water partition coefficient (Wildman–Crippen LogP) is 0.868. The lowest BCUT2D eigenvalue weighted by molar-refractivity contribution is 0.538. The molecule has 1 unspecified atom stereocenters. The van der Waals surface area contributed by atoms with Gasteiger partial charge in [0.25, 0.3) is 0 Å². The van der Waals surface area contributed by atoms with Gasteiger partial charge in [-0.05, 0) is 23.2 Å². The van der Waals surface area contributed by atoms with Gasteiger partial charge in [-0.25, -0.2) is 0 Å². The van der Waals surface area contributed by atoms with Crippen LogP contribution in [0.3, 0.4) is 0 Å². The van der Waals surface area contributed by atoms with Crippen molar-refractivity contribution < 1.29 is 8.76 Å². The van der Waals surface area contributed by atoms with Crippen molar-refractivity contribution in [3.05, 3.63) is 30.6 Å². The molecule has 2 aromatic rings. The summed E-state index contributed by atoms with van der Waals surface area (Å²) in [5.74, 6) is 0. The quantitative estimate of drug-likeness (QED) is 0.630. The average Bonchev–Trinajstić information content (AvgIpc) is 2.17. The summed E-state index contributed by atoms with van der Waals surface area (Å²) in [5.41, 5.74) is 1.00. The van der Waals surface area contributed by atoms with E-state index in [9.17, 15) is 8.76 Å². The molecule has 0 bridgehead atoms. The van der Waals surface area contributed by atoms with Crippen LogP contribution in [0.15, 0.2) is 35.5 Å². The standard InChI is InChI=1S/C8H6N2O2S/c11-13(12)7-3-1-2-6-8(7)10-5-4-9-6/h1-5H,(H,11,12)/p-1. The lowest BCUT2D eigenvalue weighted by Crippen LogP contribution is -1.93. The normalized spacial score (nSPS) is 13.0. The third-order valence-corrected chi connectivity index (χ3v) is 2.33. The smallest absolute Gasteiger partial charge is 0.104 e. The molecule has 1 aromatic heterocycles. The number of benzene rings is 1. The van der Waals surface area contributed by atoms with Crippen LogP contribution in [0.2, 0.25) is 0 Å². The maximum Gasteiger partial charge on any atom is 0.104 e. The second-order valence-electron chi connectivity index (χ2n) is 2.41. The fourth-order valence-electron chi connectivity index (χ4n) is 1.10. The van der Waals surface area contributed by atoms with Crippen LogP contribution in [0.25, 0.3) is 11.0 Å². The Morgan fingerprint density at radius 3 is 2.77 bits per heavy atom. The van der Waals surface area contributed by atoms with Crippen molar-refractivity contribution in [1.82, 2.24) is 9.97 Å². The third kappa shape index (κ3) is 1.43. The molecule has 0 saturated heterocycles. The number of hydrogen-bond donors (Lipinski definition) is 0. The summed E-state index contributed by atoms with van der Waals surface area (Å²) in [5, 5.41) is 0. The molecule has 0 N–H and O–H groups in total. The van der Waals surface area contributed by atoms with Gasteiger partial charge in [0.1, 0.15) is 5.52 Å². The van der Waals surface area contributed by atoms with E-state index in [1.807, 2.05) is 0 Å². The second-order valence-corrected chi connectivity index (χ2v) is 3.32. The number of hydrogen-bond acceptors (Lipinski definition) is 4. The molecule has 0 spiro atoms. The summed E-state index contributed by atoms with van der Waals surface area (Å²) >= 11 is -2.26. The molecule has 0 aliphatic carbocycles. The number of fused-ring (bicyclic) bond motifs is 1. The van der Waals surface area contributed by atoms with E-state index in [2.05, 4.69) is 9.97 Å². The molecule has 0 fully saturated rings. The van der Waals surface area contributed by atoms with E-state index in [1.54, 1.807) is 12.1 Å². The highest BCUT2D eigenvalue weighted by molar-refractivity contribution is 7.79. The first-order chi connectivity index (χ1) is 6.29. The molecule has 4 nitrogen and oxygen atoms in total. The molecule has 0 saturated carbocycles. The van der Waals surface area contributed by atoms with E-state index in [1.165, 1.54) is 18.5 Å². The van der Waals surface area contributed by atoms with Crippen LogP contribution in [-0.4, -0.2) is 18.7 Å². The van der Waals surface area contributed by atoms with E-state index >= 15 is 0 Å².